The largest absolute Gasteiger partial charge is 0.352 e. The molecule has 7 nitrogen and oxygen atoms in total. The van der Waals surface area contributed by atoms with E-state index in [0.717, 1.165) is 24.1 Å². The van der Waals surface area contributed by atoms with E-state index in [4.69, 9.17) is 0 Å². The number of hydrogen-bond acceptors (Lipinski definition) is 4. The molecule has 0 bridgehead atoms. The Balaban J connectivity index is 1.34. The summed E-state index contributed by atoms with van der Waals surface area (Å²) in [4.78, 5) is 20.5. The number of fused-ring (bicyclic) bond motifs is 1. The standard InChI is InChI=1S/C17H18N6O/c24-17(14-3-6-16-8-18-11-22(16)9-14)20-7-13-1-4-15(5-2-13)23-12-19-10-21-23/h1-2,4-5,8,10-12,14H,3,6-7,9H2,(H,20,24). The van der Waals surface area contributed by atoms with E-state index in [2.05, 4.69) is 25.0 Å². The molecule has 1 aliphatic heterocycles. The highest BCUT2D eigenvalue weighted by molar-refractivity contribution is 5.78. The molecule has 1 aliphatic rings. The molecule has 0 aliphatic carbocycles. The van der Waals surface area contributed by atoms with Gasteiger partial charge in [0.05, 0.1) is 17.9 Å². The first-order valence-electron chi connectivity index (χ1n) is 8.00. The van der Waals surface area contributed by atoms with Crippen molar-refractivity contribution in [1.82, 2.24) is 29.6 Å². The van der Waals surface area contributed by atoms with Gasteiger partial charge in [-0.3, -0.25) is 4.79 Å². The topological polar surface area (TPSA) is 77.6 Å². The van der Waals surface area contributed by atoms with Gasteiger partial charge in [0.25, 0.3) is 0 Å². The van der Waals surface area contributed by atoms with Crippen molar-refractivity contribution in [3.8, 4) is 5.69 Å². The van der Waals surface area contributed by atoms with E-state index in [0.29, 0.717) is 13.1 Å². The van der Waals surface area contributed by atoms with Crippen LogP contribution in [-0.2, 0) is 24.3 Å². The van der Waals surface area contributed by atoms with Crippen LogP contribution in [0.1, 0.15) is 17.7 Å². The smallest absolute Gasteiger partial charge is 0.225 e. The van der Waals surface area contributed by atoms with Crippen molar-refractivity contribution in [2.24, 2.45) is 5.92 Å². The summed E-state index contributed by atoms with van der Waals surface area (Å²) in [6.45, 7) is 1.25. The Kier molecular flexibility index (Phi) is 3.82. The van der Waals surface area contributed by atoms with E-state index >= 15 is 0 Å². The molecule has 0 radical (unpaired) electrons. The molecule has 122 valence electrons. The number of nitrogens with one attached hydrogen (secondary N) is 1. The molecule has 0 saturated carbocycles. The van der Waals surface area contributed by atoms with Crippen LogP contribution in [0.4, 0.5) is 0 Å². The molecule has 1 amide bonds. The Hall–Kier alpha value is -2.96. The third-order valence-corrected chi connectivity index (χ3v) is 4.42. The first-order valence-corrected chi connectivity index (χ1v) is 8.00. The van der Waals surface area contributed by atoms with Crippen molar-refractivity contribution in [3.63, 3.8) is 0 Å². The van der Waals surface area contributed by atoms with Gasteiger partial charge < -0.3 is 9.88 Å². The number of benzene rings is 1. The number of carbonyl (C=O) groups is 1. The lowest BCUT2D eigenvalue weighted by atomic mass is 9.97. The van der Waals surface area contributed by atoms with Crippen molar-refractivity contribution in [2.45, 2.75) is 25.9 Å². The quantitative estimate of drug-likeness (QED) is 0.786. The van der Waals surface area contributed by atoms with Crippen molar-refractivity contribution < 1.29 is 4.79 Å². The predicted octanol–water partition coefficient (Wildman–Crippen LogP) is 1.34. The number of carbonyl (C=O) groups excluding carboxylic acids is 1. The molecular formula is C17H18N6O. The van der Waals surface area contributed by atoms with Gasteiger partial charge in [-0.2, -0.15) is 5.10 Å². The van der Waals surface area contributed by atoms with Crippen molar-refractivity contribution >= 4 is 5.91 Å². The molecule has 3 heterocycles. The lowest BCUT2D eigenvalue weighted by Gasteiger charge is -2.23. The van der Waals surface area contributed by atoms with Crippen LogP contribution in [0.3, 0.4) is 0 Å². The second kappa shape index (κ2) is 6.27. The summed E-state index contributed by atoms with van der Waals surface area (Å²) in [6.07, 6.45) is 8.63. The molecule has 24 heavy (non-hydrogen) atoms. The van der Waals surface area contributed by atoms with E-state index < -0.39 is 0 Å². The number of amides is 1. The van der Waals surface area contributed by atoms with E-state index in [1.165, 1.54) is 12.0 Å². The van der Waals surface area contributed by atoms with Crippen LogP contribution in [0.5, 0.6) is 0 Å². The van der Waals surface area contributed by atoms with Crippen LogP contribution in [-0.4, -0.2) is 30.2 Å². The van der Waals surface area contributed by atoms with Gasteiger partial charge >= 0.3 is 0 Å². The first kappa shape index (κ1) is 14.6. The Morgan fingerprint density at radius 2 is 2.08 bits per heavy atom. The van der Waals surface area contributed by atoms with E-state index in [-0.39, 0.29) is 11.8 Å². The minimum Gasteiger partial charge on any atom is -0.352 e. The van der Waals surface area contributed by atoms with Crippen molar-refractivity contribution in [3.05, 3.63) is 60.7 Å². The molecule has 1 aromatic carbocycles. The lowest BCUT2D eigenvalue weighted by Crippen LogP contribution is -2.35. The van der Waals surface area contributed by atoms with Crippen molar-refractivity contribution in [2.75, 3.05) is 0 Å². The SMILES string of the molecule is O=C(NCc1ccc(-n2cncn2)cc1)C1CCc2cncn2C1. The van der Waals surface area contributed by atoms with Crippen LogP contribution in [0, 0.1) is 5.92 Å². The van der Waals surface area contributed by atoms with Gasteiger partial charge in [0.1, 0.15) is 12.7 Å². The minimum atomic E-state index is 0.0149. The average molecular weight is 322 g/mol. The number of aryl methyl sites for hydroxylation is 1. The number of rotatable bonds is 4. The maximum atomic E-state index is 12.4. The second-order valence-electron chi connectivity index (χ2n) is 6.00. The molecule has 0 fully saturated rings. The van der Waals surface area contributed by atoms with Crippen LogP contribution in [0.2, 0.25) is 0 Å². The van der Waals surface area contributed by atoms with Crippen LogP contribution < -0.4 is 5.32 Å². The van der Waals surface area contributed by atoms with E-state index in [9.17, 15) is 4.79 Å². The molecule has 0 spiro atoms. The van der Waals surface area contributed by atoms with Gasteiger partial charge in [0.15, 0.2) is 0 Å². The summed E-state index contributed by atoms with van der Waals surface area (Å²) in [5.41, 5.74) is 3.22. The Labute approximate surface area is 139 Å². The highest BCUT2D eigenvalue weighted by Crippen LogP contribution is 2.19. The van der Waals surface area contributed by atoms with Crippen molar-refractivity contribution in [1.29, 1.82) is 0 Å². The third kappa shape index (κ3) is 2.92. The number of nitrogens with zero attached hydrogens (tertiary/aromatic N) is 5. The average Bonchev–Trinajstić information content (AvgIpc) is 3.30. The van der Waals surface area contributed by atoms with Gasteiger partial charge in [-0.25, -0.2) is 14.6 Å². The Morgan fingerprint density at radius 1 is 1.21 bits per heavy atom. The first-order chi connectivity index (χ1) is 11.8. The predicted molar refractivity (Wildman–Crippen MR) is 87.2 cm³/mol. The summed E-state index contributed by atoms with van der Waals surface area (Å²) >= 11 is 0. The van der Waals surface area contributed by atoms with Crippen LogP contribution in [0.25, 0.3) is 5.69 Å². The summed E-state index contributed by atoms with van der Waals surface area (Å²) in [6, 6.07) is 7.92. The molecule has 1 unspecified atom stereocenters. The summed E-state index contributed by atoms with van der Waals surface area (Å²) in [5.74, 6) is 0.121. The summed E-state index contributed by atoms with van der Waals surface area (Å²) in [5, 5.41) is 7.13. The molecule has 3 aromatic rings. The zero-order valence-corrected chi connectivity index (χ0v) is 13.2. The van der Waals surface area contributed by atoms with Gasteiger partial charge in [-0.1, -0.05) is 12.1 Å². The van der Waals surface area contributed by atoms with Gasteiger partial charge in [-0.15, -0.1) is 0 Å². The molecule has 0 saturated heterocycles. The maximum Gasteiger partial charge on any atom is 0.225 e. The highest BCUT2D eigenvalue weighted by atomic mass is 16.1. The number of hydrogen-bond donors (Lipinski definition) is 1. The number of aromatic nitrogens is 5. The fourth-order valence-electron chi connectivity index (χ4n) is 3.03. The monoisotopic (exact) mass is 322 g/mol. The van der Waals surface area contributed by atoms with E-state index in [1.54, 1.807) is 17.3 Å². The fraction of sp³-hybridized carbons (Fsp3) is 0.294. The minimum absolute atomic E-state index is 0.0149. The molecule has 4 rings (SSSR count). The Bertz CT molecular complexity index is 821. The maximum absolute atomic E-state index is 12.4. The van der Waals surface area contributed by atoms with Gasteiger partial charge in [-0.05, 0) is 30.5 Å². The molecule has 2 aromatic heterocycles. The third-order valence-electron chi connectivity index (χ3n) is 4.42. The summed E-state index contributed by atoms with van der Waals surface area (Å²) in [7, 11) is 0. The molecule has 7 heteroatoms. The molecular weight excluding hydrogens is 304 g/mol. The Morgan fingerprint density at radius 3 is 2.88 bits per heavy atom. The zero-order chi connectivity index (χ0) is 16.4. The molecule has 1 atom stereocenters. The van der Waals surface area contributed by atoms with E-state index in [1.807, 2.05) is 30.5 Å². The lowest BCUT2D eigenvalue weighted by molar-refractivity contribution is -0.126. The number of imidazole rings is 1. The normalized spacial score (nSPS) is 16.6. The fourth-order valence-corrected chi connectivity index (χ4v) is 3.03. The second-order valence-corrected chi connectivity index (χ2v) is 6.00. The van der Waals surface area contributed by atoms with Crippen LogP contribution in [0.15, 0.2) is 49.4 Å². The zero-order valence-electron chi connectivity index (χ0n) is 13.2. The summed E-state index contributed by atoms with van der Waals surface area (Å²) < 4.78 is 3.77. The van der Waals surface area contributed by atoms with Gasteiger partial charge in [0.2, 0.25) is 5.91 Å². The highest BCUT2D eigenvalue weighted by Gasteiger charge is 2.24. The van der Waals surface area contributed by atoms with Gasteiger partial charge in [0, 0.05) is 25.0 Å². The van der Waals surface area contributed by atoms with Crippen LogP contribution >= 0.6 is 0 Å². The molecule has 1 N–H and O–H groups in total.